The van der Waals surface area contributed by atoms with Crippen molar-refractivity contribution >= 4 is 39.5 Å². The van der Waals surface area contributed by atoms with Crippen LogP contribution in [-0.2, 0) is 15.3 Å². The van der Waals surface area contributed by atoms with E-state index in [4.69, 9.17) is 5.73 Å². The predicted molar refractivity (Wildman–Crippen MR) is 101 cm³/mol. The number of carbonyl (C=O) groups is 2. The third-order valence-corrected chi connectivity index (χ3v) is 5.23. The van der Waals surface area contributed by atoms with E-state index in [1.165, 1.54) is 11.8 Å². The van der Waals surface area contributed by atoms with Crippen LogP contribution in [0.25, 0.3) is 0 Å². The molecule has 0 radical (unpaired) electrons. The first-order valence-electron chi connectivity index (χ1n) is 7.48. The fraction of sp³-hybridized carbons (Fsp3) is 0.222. The highest BCUT2D eigenvalue weighted by atomic mass is 79.9. The third kappa shape index (κ3) is 5.39. The molecule has 2 aromatic rings. The molecule has 4 nitrogen and oxygen atoms in total. The number of amides is 2. The quantitative estimate of drug-likeness (QED) is 0.739. The first-order chi connectivity index (χ1) is 11.5. The van der Waals surface area contributed by atoms with Crippen molar-refractivity contribution in [2.75, 3.05) is 0 Å². The zero-order chi connectivity index (χ0) is 17.5. The number of benzene rings is 2. The van der Waals surface area contributed by atoms with Gasteiger partial charge in [-0.2, -0.15) is 0 Å². The summed E-state index contributed by atoms with van der Waals surface area (Å²) in [7, 11) is 0. The molecule has 0 aliphatic carbocycles. The first-order valence-corrected chi connectivity index (χ1v) is 9.32. The molecule has 0 aromatic heterocycles. The van der Waals surface area contributed by atoms with Crippen LogP contribution >= 0.6 is 27.7 Å². The largest absolute Gasteiger partial charge is 0.368 e. The molecule has 24 heavy (non-hydrogen) atoms. The highest BCUT2D eigenvalue weighted by molar-refractivity contribution is 9.10. The molecule has 0 spiro atoms. The van der Waals surface area contributed by atoms with Crippen molar-refractivity contribution in [1.82, 2.24) is 5.32 Å². The third-order valence-electron chi connectivity index (χ3n) is 3.49. The predicted octanol–water partition coefficient (Wildman–Crippen LogP) is 3.41. The Morgan fingerprint density at radius 1 is 1.12 bits per heavy atom. The van der Waals surface area contributed by atoms with Gasteiger partial charge in [0.2, 0.25) is 11.8 Å². The van der Waals surface area contributed by atoms with Crippen molar-refractivity contribution in [2.45, 2.75) is 24.0 Å². The lowest BCUT2D eigenvalue weighted by molar-refractivity contribution is -0.127. The smallest absolute Gasteiger partial charge is 0.244 e. The second-order valence-electron chi connectivity index (χ2n) is 5.33. The van der Waals surface area contributed by atoms with E-state index < -0.39 is 11.9 Å². The van der Waals surface area contributed by atoms with Crippen molar-refractivity contribution in [3.8, 4) is 0 Å². The Hall–Kier alpha value is -1.79. The zero-order valence-corrected chi connectivity index (χ0v) is 15.6. The zero-order valence-electron chi connectivity index (χ0n) is 13.2. The molecule has 0 heterocycles. The number of primary amides is 1. The van der Waals surface area contributed by atoms with E-state index in [0.717, 1.165) is 10.0 Å². The molecule has 0 unspecified atom stereocenters. The molecule has 0 aliphatic heterocycles. The summed E-state index contributed by atoms with van der Waals surface area (Å²) in [6.45, 7) is 1.82. The van der Waals surface area contributed by atoms with Crippen LogP contribution in [0.15, 0.2) is 59.1 Å². The van der Waals surface area contributed by atoms with E-state index in [9.17, 15) is 9.59 Å². The maximum Gasteiger partial charge on any atom is 0.244 e. The number of hydrogen-bond acceptors (Lipinski definition) is 3. The fourth-order valence-electron chi connectivity index (χ4n) is 2.10. The number of carbonyl (C=O) groups excluding carboxylic acids is 2. The Balaban J connectivity index is 1.94. The van der Waals surface area contributed by atoms with E-state index in [-0.39, 0.29) is 11.2 Å². The molecule has 126 valence electrons. The number of rotatable bonds is 7. The highest BCUT2D eigenvalue weighted by Crippen LogP contribution is 2.21. The van der Waals surface area contributed by atoms with Gasteiger partial charge in [0.15, 0.2) is 0 Å². The van der Waals surface area contributed by atoms with Gasteiger partial charge in [-0.3, -0.25) is 9.59 Å². The van der Waals surface area contributed by atoms with Crippen molar-refractivity contribution in [2.24, 2.45) is 5.73 Å². The minimum absolute atomic E-state index is 0.204. The Morgan fingerprint density at radius 3 is 2.33 bits per heavy atom. The SMILES string of the molecule is C[C@@H](SCc1ccc(Br)cc1)C(=O)N[C@H](C(N)=O)c1ccccc1. The fourth-order valence-corrected chi connectivity index (χ4v) is 3.22. The molecule has 6 heteroatoms. The lowest BCUT2D eigenvalue weighted by Crippen LogP contribution is -2.40. The molecule has 0 saturated heterocycles. The molecule has 2 atom stereocenters. The highest BCUT2D eigenvalue weighted by Gasteiger charge is 2.23. The van der Waals surface area contributed by atoms with E-state index in [1.807, 2.05) is 49.4 Å². The normalized spacial score (nSPS) is 13.1. The molecule has 3 N–H and O–H groups in total. The van der Waals surface area contributed by atoms with Crippen LogP contribution in [0, 0.1) is 0 Å². The van der Waals surface area contributed by atoms with Gasteiger partial charge in [-0.05, 0) is 30.2 Å². The molecule has 0 fully saturated rings. The van der Waals surface area contributed by atoms with Gasteiger partial charge in [0.05, 0.1) is 5.25 Å². The summed E-state index contributed by atoms with van der Waals surface area (Å²) in [6.07, 6.45) is 0. The van der Waals surface area contributed by atoms with Gasteiger partial charge in [-0.15, -0.1) is 11.8 Å². The minimum Gasteiger partial charge on any atom is -0.368 e. The van der Waals surface area contributed by atoms with Crippen LogP contribution in [0.4, 0.5) is 0 Å². The molecule has 2 rings (SSSR count). The topological polar surface area (TPSA) is 72.2 Å². The number of halogens is 1. The van der Waals surface area contributed by atoms with Gasteiger partial charge in [0, 0.05) is 10.2 Å². The van der Waals surface area contributed by atoms with E-state index in [2.05, 4.69) is 21.2 Å². The molecule has 2 amide bonds. The van der Waals surface area contributed by atoms with Crippen LogP contribution in [0.2, 0.25) is 0 Å². The molecule has 0 aliphatic rings. The number of nitrogens with one attached hydrogen (secondary N) is 1. The summed E-state index contributed by atoms with van der Waals surface area (Å²) in [4.78, 5) is 24.0. The summed E-state index contributed by atoms with van der Waals surface area (Å²) >= 11 is 4.91. The van der Waals surface area contributed by atoms with E-state index in [1.54, 1.807) is 12.1 Å². The van der Waals surface area contributed by atoms with Crippen LogP contribution in [0.1, 0.15) is 24.1 Å². The van der Waals surface area contributed by atoms with Gasteiger partial charge in [-0.25, -0.2) is 0 Å². The lowest BCUT2D eigenvalue weighted by Gasteiger charge is -2.18. The van der Waals surface area contributed by atoms with Gasteiger partial charge in [-0.1, -0.05) is 58.4 Å². The van der Waals surface area contributed by atoms with Crippen molar-refractivity contribution in [3.05, 3.63) is 70.2 Å². The number of hydrogen-bond donors (Lipinski definition) is 2. The average molecular weight is 407 g/mol. The number of thioether (sulfide) groups is 1. The number of nitrogens with two attached hydrogens (primary N) is 1. The summed E-state index contributed by atoms with van der Waals surface area (Å²) in [5.41, 5.74) is 7.25. The second-order valence-corrected chi connectivity index (χ2v) is 7.58. The van der Waals surface area contributed by atoms with Gasteiger partial charge >= 0.3 is 0 Å². The summed E-state index contributed by atoms with van der Waals surface area (Å²) in [5, 5.41) is 2.44. The minimum atomic E-state index is -0.811. The summed E-state index contributed by atoms with van der Waals surface area (Å²) < 4.78 is 1.02. The lowest BCUT2D eigenvalue weighted by atomic mass is 10.1. The maximum atomic E-state index is 12.4. The Labute approximate surface area is 154 Å². The molecule has 0 bridgehead atoms. The van der Waals surface area contributed by atoms with Crippen molar-refractivity contribution < 1.29 is 9.59 Å². The van der Waals surface area contributed by atoms with Gasteiger partial charge in [0.1, 0.15) is 6.04 Å². The van der Waals surface area contributed by atoms with Crippen LogP contribution in [-0.4, -0.2) is 17.1 Å². The first kappa shape index (κ1) is 18.5. The van der Waals surface area contributed by atoms with Crippen molar-refractivity contribution in [1.29, 1.82) is 0 Å². The summed E-state index contributed by atoms with van der Waals surface area (Å²) in [5.74, 6) is -0.0570. The van der Waals surface area contributed by atoms with Crippen LogP contribution in [0.5, 0.6) is 0 Å². The Bertz CT molecular complexity index is 692. The van der Waals surface area contributed by atoms with Crippen LogP contribution < -0.4 is 11.1 Å². The van der Waals surface area contributed by atoms with E-state index in [0.29, 0.717) is 11.3 Å². The van der Waals surface area contributed by atoms with Gasteiger partial charge in [0.25, 0.3) is 0 Å². The molecular formula is C18H19BrN2O2S. The van der Waals surface area contributed by atoms with E-state index >= 15 is 0 Å². The molecule has 2 aromatic carbocycles. The molecular weight excluding hydrogens is 388 g/mol. The summed E-state index contributed by atoms with van der Waals surface area (Å²) in [6, 6.07) is 16.2. The van der Waals surface area contributed by atoms with Crippen molar-refractivity contribution in [3.63, 3.8) is 0 Å². The Morgan fingerprint density at radius 2 is 1.75 bits per heavy atom. The van der Waals surface area contributed by atoms with Crippen LogP contribution in [0.3, 0.4) is 0 Å². The monoisotopic (exact) mass is 406 g/mol. The Kier molecular flexibility index (Phi) is 6.87. The maximum absolute atomic E-state index is 12.4. The molecule has 0 saturated carbocycles. The standard InChI is InChI=1S/C18H19BrN2O2S/c1-12(24-11-13-7-9-15(19)10-8-13)18(23)21-16(17(20)22)14-5-3-2-4-6-14/h2-10,12,16H,11H2,1H3,(H2,20,22)(H,21,23)/t12-,16+/m1/s1. The second kappa shape index (κ2) is 8.89. The average Bonchev–Trinajstić information content (AvgIpc) is 2.59. The van der Waals surface area contributed by atoms with Gasteiger partial charge < -0.3 is 11.1 Å².